The lowest BCUT2D eigenvalue weighted by molar-refractivity contribution is 0.101. The van der Waals surface area contributed by atoms with Gasteiger partial charge in [-0.1, -0.05) is 24.3 Å². The lowest BCUT2D eigenvalue weighted by atomic mass is 10.1. The summed E-state index contributed by atoms with van der Waals surface area (Å²) in [6.45, 7) is 1.52. The second-order valence-electron chi connectivity index (χ2n) is 3.92. The van der Waals surface area contributed by atoms with Crippen molar-refractivity contribution in [3.8, 4) is 0 Å². The minimum absolute atomic E-state index is 0.00818. The molecule has 0 heterocycles. The summed E-state index contributed by atoms with van der Waals surface area (Å²) in [6, 6.07) is 13.1. The molecule has 3 heteroatoms. The first-order valence-corrected chi connectivity index (χ1v) is 5.56. The van der Waals surface area contributed by atoms with E-state index in [-0.39, 0.29) is 11.6 Å². The number of nitrogens with zero attached hydrogens (tertiary/aromatic N) is 1. The molecule has 0 aliphatic heterocycles. The Bertz CT molecular complexity index is 588. The highest BCUT2D eigenvalue weighted by Crippen LogP contribution is 2.14. The minimum atomic E-state index is -0.272. The van der Waals surface area contributed by atoms with Gasteiger partial charge in [0.25, 0.3) is 0 Å². The molecule has 0 bridgehead atoms. The number of benzene rings is 2. The van der Waals surface area contributed by atoms with Crippen LogP contribution in [0.15, 0.2) is 53.5 Å². The van der Waals surface area contributed by atoms with Gasteiger partial charge in [0.15, 0.2) is 5.78 Å². The van der Waals surface area contributed by atoms with Crippen LogP contribution in [0.25, 0.3) is 0 Å². The van der Waals surface area contributed by atoms with Gasteiger partial charge in [-0.15, -0.1) is 0 Å². The first-order chi connectivity index (χ1) is 8.65. The third kappa shape index (κ3) is 3.10. The number of aliphatic imine (C=N–C) groups is 1. The third-order valence-electron chi connectivity index (χ3n) is 2.49. The molecule has 0 N–H and O–H groups in total. The van der Waals surface area contributed by atoms with Crippen LogP contribution in [0.4, 0.5) is 10.1 Å². The Morgan fingerprint density at radius 2 is 1.89 bits per heavy atom. The normalized spacial score (nSPS) is 10.8. The molecule has 0 aromatic heterocycles. The van der Waals surface area contributed by atoms with Gasteiger partial charge in [0.2, 0.25) is 0 Å². The summed E-state index contributed by atoms with van der Waals surface area (Å²) in [4.78, 5) is 15.5. The third-order valence-corrected chi connectivity index (χ3v) is 2.49. The number of carbonyl (C=O) groups is 1. The maximum Gasteiger partial charge on any atom is 0.159 e. The number of rotatable bonds is 3. The lowest BCUT2D eigenvalue weighted by Crippen LogP contribution is -1.90. The molecule has 0 unspecified atom stereocenters. The summed E-state index contributed by atoms with van der Waals surface area (Å²) in [5.41, 5.74) is 2.14. The van der Waals surface area contributed by atoms with Crippen LogP contribution in [0, 0.1) is 5.82 Å². The van der Waals surface area contributed by atoms with Crippen LogP contribution in [-0.4, -0.2) is 12.0 Å². The van der Waals surface area contributed by atoms with E-state index in [1.807, 2.05) is 6.07 Å². The number of hydrogen-bond donors (Lipinski definition) is 0. The van der Waals surface area contributed by atoms with Gasteiger partial charge in [0.05, 0.1) is 5.69 Å². The monoisotopic (exact) mass is 241 g/mol. The molecule has 90 valence electrons. The Hall–Kier alpha value is -2.29. The number of hydrogen-bond acceptors (Lipinski definition) is 2. The van der Waals surface area contributed by atoms with Crippen molar-refractivity contribution in [3.63, 3.8) is 0 Å². The molecule has 0 aliphatic carbocycles. The van der Waals surface area contributed by atoms with E-state index in [1.54, 1.807) is 36.5 Å². The molecule has 18 heavy (non-hydrogen) atoms. The molecule has 2 aromatic carbocycles. The summed E-state index contributed by atoms with van der Waals surface area (Å²) >= 11 is 0. The average molecular weight is 241 g/mol. The molecule has 2 nitrogen and oxygen atoms in total. The van der Waals surface area contributed by atoms with Crippen LogP contribution in [-0.2, 0) is 0 Å². The van der Waals surface area contributed by atoms with E-state index in [0.717, 1.165) is 5.56 Å². The Kier molecular flexibility index (Phi) is 3.63. The smallest absolute Gasteiger partial charge is 0.159 e. The number of ketones is 1. The van der Waals surface area contributed by atoms with Crippen LogP contribution >= 0.6 is 0 Å². The van der Waals surface area contributed by atoms with Crippen molar-refractivity contribution >= 4 is 17.7 Å². The number of halogens is 1. The molecular weight excluding hydrogens is 229 g/mol. The Balaban J connectivity index is 2.20. The maximum absolute atomic E-state index is 12.7. The van der Waals surface area contributed by atoms with Crippen molar-refractivity contribution in [1.82, 2.24) is 0 Å². The van der Waals surface area contributed by atoms with Gasteiger partial charge in [-0.25, -0.2) is 4.39 Å². The molecule has 0 radical (unpaired) electrons. The number of Topliss-reactive ketones (excluding diaryl/α,β-unsaturated/α-hetero) is 1. The Labute approximate surface area is 105 Å². The highest BCUT2D eigenvalue weighted by molar-refractivity contribution is 5.95. The van der Waals surface area contributed by atoms with Crippen molar-refractivity contribution < 1.29 is 9.18 Å². The fraction of sp³-hybridized carbons (Fsp3) is 0.0667. The van der Waals surface area contributed by atoms with E-state index >= 15 is 0 Å². The molecule has 0 amide bonds. The zero-order valence-electron chi connectivity index (χ0n) is 9.93. The van der Waals surface area contributed by atoms with Crippen LogP contribution in [0.5, 0.6) is 0 Å². The highest BCUT2D eigenvalue weighted by Gasteiger charge is 1.98. The van der Waals surface area contributed by atoms with Crippen molar-refractivity contribution in [1.29, 1.82) is 0 Å². The second-order valence-corrected chi connectivity index (χ2v) is 3.92. The molecular formula is C15H12FNO. The first kappa shape index (κ1) is 12.2. The highest BCUT2D eigenvalue weighted by atomic mass is 19.1. The molecule has 2 rings (SSSR count). The predicted molar refractivity (Wildman–Crippen MR) is 70.1 cm³/mol. The fourth-order valence-electron chi connectivity index (χ4n) is 1.50. The molecule has 0 fully saturated rings. The van der Waals surface area contributed by atoms with Gasteiger partial charge < -0.3 is 0 Å². The van der Waals surface area contributed by atoms with Crippen LogP contribution in [0.1, 0.15) is 22.8 Å². The van der Waals surface area contributed by atoms with E-state index in [2.05, 4.69) is 4.99 Å². The lowest BCUT2D eigenvalue weighted by Gasteiger charge is -1.97. The topological polar surface area (TPSA) is 29.4 Å². The van der Waals surface area contributed by atoms with Crippen molar-refractivity contribution in [2.75, 3.05) is 0 Å². The standard InChI is InChI=1S/C15H12FNO/c1-11(18)13-3-2-4-15(9-13)17-10-12-5-7-14(16)8-6-12/h2-10H,1H3. The first-order valence-electron chi connectivity index (χ1n) is 5.56. The average Bonchev–Trinajstić information content (AvgIpc) is 2.38. The fourth-order valence-corrected chi connectivity index (χ4v) is 1.50. The predicted octanol–water partition coefficient (Wildman–Crippen LogP) is 3.78. The zero-order chi connectivity index (χ0) is 13.0. The van der Waals surface area contributed by atoms with Gasteiger partial charge in [-0.2, -0.15) is 0 Å². The molecule has 0 saturated carbocycles. The summed E-state index contributed by atoms with van der Waals surface area (Å²) in [5, 5.41) is 0. The Morgan fingerprint density at radius 3 is 2.56 bits per heavy atom. The summed E-state index contributed by atoms with van der Waals surface area (Å²) in [5.74, 6) is -0.264. The SMILES string of the molecule is CC(=O)c1cccc(N=Cc2ccc(F)cc2)c1. The van der Waals surface area contributed by atoms with Gasteiger partial charge in [-0.05, 0) is 36.8 Å². The van der Waals surface area contributed by atoms with E-state index < -0.39 is 0 Å². The van der Waals surface area contributed by atoms with Crippen LogP contribution in [0.2, 0.25) is 0 Å². The Morgan fingerprint density at radius 1 is 1.17 bits per heavy atom. The minimum Gasteiger partial charge on any atom is -0.295 e. The van der Waals surface area contributed by atoms with Crippen LogP contribution in [0.3, 0.4) is 0 Å². The summed E-state index contributed by atoms with van der Waals surface area (Å²) in [6.07, 6.45) is 1.64. The van der Waals surface area contributed by atoms with Crippen molar-refractivity contribution in [2.24, 2.45) is 4.99 Å². The largest absolute Gasteiger partial charge is 0.295 e. The zero-order valence-corrected chi connectivity index (χ0v) is 9.93. The van der Waals surface area contributed by atoms with E-state index in [1.165, 1.54) is 19.1 Å². The summed E-state index contributed by atoms with van der Waals surface area (Å²) in [7, 11) is 0. The van der Waals surface area contributed by atoms with E-state index in [9.17, 15) is 9.18 Å². The van der Waals surface area contributed by atoms with E-state index in [4.69, 9.17) is 0 Å². The molecule has 0 spiro atoms. The van der Waals surface area contributed by atoms with Gasteiger partial charge in [0.1, 0.15) is 5.82 Å². The number of carbonyl (C=O) groups excluding carboxylic acids is 1. The maximum atomic E-state index is 12.7. The van der Waals surface area contributed by atoms with Gasteiger partial charge in [0, 0.05) is 11.8 Å². The van der Waals surface area contributed by atoms with Crippen molar-refractivity contribution in [3.05, 3.63) is 65.5 Å². The molecule has 2 aromatic rings. The quantitative estimate of drug-likeness (QED) is 0.594. The van der Waals surface area contributed by atoms with Crippen LogP contribution < -0.4 is 0 Å². The molecule has 0 atom stereocenters. The van der Waals surface area contributed by atoms with Crippen molar-refractivity contribution in [2.45, 2.75) is 6.92 Å². The van der Waals surface area contributed by atoms with Gasteiger partial charge in [-0.3, -0.25) is 9.79 Å². The molecule has 0 aliphatic rings. The molecule has 0 saturated heterocycles. The second kappa shape index (κ2) is 5.36. The van der Waals surface area contributed by atoms with E-state index in [0.29, 0.717) is 11.3 Å². The van der Waals surface area contributed by atoms with Gasteiger partial charge >= 0.3 is 0 Å². The summed E-state index contributed by atoms with van der Waals surface area (Å²) < 4.78 is 12.7.